The van der Waals surface area contributed by atoms with E-state index in [9.17, 15) is 4.79 Å². The minimum atomic E-state index is -0.167. The summed E-state index contributed by atoms with van der Waals surface area (Å²) in [6.45, 7) is 2.86. The number of carbonyl (C=O) groups is 1. The second-order valence-corrected chi connectivity index (χ2v) is 3.79. The predicted molar refractivity (Wildman–Crippen MR) is 43.7 cm³/mol. The van der Waals surface area contributed by atoms with Gasteiger partial charge in [-0.3, -0.25) is 4.79 Å². The lowest BCUT2D eigenvalue weighted by molar-refractivity contribution is -0.137. The molecule has 0 spiro atoms. The molecule has 1 atom stereocenters. The SMILES string of the molecule is COC(=O)CSCC1(C)CO1. The zero-order chi connectivity index (χ0) is 8.32. The molecule has 64 valence electrons. The first-order valence-electron chi connectivity index (χ1n) is 3.45. The molecule has 1 unspecified atom stereocenters. The Kier molecular flexibility index (Phi) is 2.78. The minimum absolute atomic E-state index is 0.0404. The van der Waals surface area contributed by atoms with Gasteiger partial charge < -0.3 is 9.47 Å². The molecule has 1 fully saturated rings. The van der Waals surface area contributed by atoms with Crippen molar-refractivity contribution < 1.29 is 14.3 Å². The summed E-state index contributed by atoms with van der Waals surface area (Å²) in [6.07, 6.45) is 0. The topological polar surface area (TPSA) is 38.8 Å². The van der Waals surface area contributed by atoms with Crippen molar-refractivity contribution in [1.82, 2.24) is 0 Å². The van der Waals surface area contributed by atoms with E-state index >= 15 is 0 Å². The van der Waals surface area contributed by atoms with Crippen LogP contribution in [0.25, 0.3) is 0 Å². The van der Waals surface area contributed by atoms with E-state index in [0.717, 1.165) is 12.4 Å². The van der Waals surface area contributed by atoms with Gasteiger partial charge in [-0.2, -0.15) is 0 Å². The van der Waals surface area contributed by atoms with Crippen molar-refractivity contribution in [3.05, 3.63) is 0 Å². The van der Waals surface area contributed by atoms with E-state index in [1.165, 1.54) is 7.11 Å². The van der Waals surface area contributed by atoms with Crippen LogP contribution in [0.3, 0.4) is 0 Å². The fourth-order valence-electron chi connectivity index (χ4n) is 0.616. The molecule has 0 N–H and O–H groups in total. The van der Waals surface area contributed by atoms with Crippen LogP contribution in [-0.4, -0.2) is 36.8 Å². The van der Waals surface area contributed by atoms with Gasteiger partial charge in [0, 0.05) is 5.75 Å². The molecule has 1 saturated heterocycles. The Hall–Kier alpha value is -0.220. The van der Waals surface area contributed by atoms with Crippen molar-refractivity contribution in [1.29, 1.82) is 0 Å². The molecule has 0 aromatic rings. The van der Waals surface area contributed by atoms with Gasteiger partial charge in [0.15, 0.2) is 0 Å². The Morgan fingerprint density at radius 1 is 1.82 bits per heavy atom. The van der Waals surface area contributed by atoms with Crippen LogP contribution >= 0.6 is 11.8 Å². The molecule has 1 heterocycles. The van der Waals surface area contributed by atoms with E-state index in [1.807, 2.05) is 6.92 Å². The molecule has 1 rings (SSSR count). The number of thioether (sulfide) groups is 1. The van der Waals surface area contributed by atoms with Gasteiger partial charge in [-0.15, -0.1) is 11.8 Å². The molecule has 11 heavy (non-hydrogen) atoms. The second-order valence-electron chi connectivity index (χ2n) is 2.81. The number of hydrogen-bond acceptors (Lipinski definition) is 4. The number of esters is 1. The molecule has 0 radical (unpaired) electrons. The predicted octanol–water partition coefficient (Wildman–Crippen LogP) is 0.681. The molecule has 1 aliphatic rings. The van der Waals surface area contributed by atoms with E-state index in [4.69, 9.17) is 4.74 Å². The molecule has 1 aliphatic heterocycles. The van der Waals surface area contributed by atoms with Crippen LogP contribution in [0.4, 0.5) is 0 Å². The first-order chi connectivity index (χ1) is 5.16. The molecule has 4 heteroatoms. The third kappa shape index (κ3) is 3.12. The van der Waals surface area contributed by atoms with Crippen molar-refractivity contribution in [2.24, 2.45) is 0 Å². The Morgan fingerprint density at radius 3 is 2.91 bits per heavy atom. The van der Waals surface area contributed by atoms with E-state index in [2.05, 4.69) is 4.74 Å². The summed E-state index contributed by atoms with van der Waals surface area (Å²) >= 11 is 1.56. The highest BCUT2D eigenvalue weighted by molar-refractivity contribution is 8.00. The molecular formula is C7H12O3S. The Bertz CT molecular complexity index is 154. The molecule has 0 amide bonds. The van der Waals surface area contributed by atoms with E-state index in [0.29, 0.717) is 5.75 Å². The molecular weight excluding hydrogens is 164 g/mol. The van der Waals surface area contributed by atoms with Crippen molar-refractivity contribution in [3.63, 3.8) is 0 Å². The quantitative estimate of drug-likeness (QED) is 0.466. The summed E-state index contributed by atoms with van der Waals surface area (Å²) in [4.78, 5) is 10.6. The van der Waals surface area contributed by atoms with Crippen molar-refractivity contribution in [2.75, 3.05) is 25.2 Å². The smallest absolute Gasteiger partial charge is 0.315 e. The van der Waals surface area contributed by atoms with E-state index in [-0.39, 0.29) is 11.6 Å². The zero-order valence-corrected chi connectivity index (χ0v) is 7.57. The monoisotopic (exact) mass is 176 g/mol. The van der Waals surface area contributed by atoms with Crippen LogP contribution in [0.5, 0.6) is 0 Å². The van der Waals surface area contributed by atoms with Gasteiger partial charge in [0.2, 0.25) is 0 Å². The summed E-state index contributed by atoms with van der Waals surface area (Å²) in [5, 5.41) is 0. The zero-order valence-electron chi connectivity index (χ0n) is 6.75. The van der Waals surface area contributed by atoms with Crippen molar-refractivity contribution in [2.45, 2.75) is 12.5 Å². The molecule has 0 saturated carbocycles. The summed E-state index contributed by atoms with van der Waals surface area (Å²) in [5.74, 6) is 1.14. The maximum absolute atomic E-state index is 10.6. The molecule has 0 aromatic carbocycles. The highest BCUT2D eigenvalue weighted by Crippen LogP contribution is 2.29. The van der Waals surface area contributed by atoms with Crippen LogP contribution in [0, 0.1) is 0 Å². The number of rotatable bonds is 4. The molecule has 3 nitrogen and oxygen atoms in total. The highest BCUT2D eigenvalue weighted by Gasteiger charge is 2.38. The number of hydrogen-bond donors (Lipinski definition) is 0. The fraction of sp³-hybridized carbons (Fsp3) is 0.857. The lowest BCUT2D eigenvalue weighted by Gasteiger charge is -2.02. The largest absolute Gasteiger partial charge is 0.468 e. The standard InChI is InChI=1S/C7H12O3S/c1-7(4-10-7)5-11-3-6(8)9-2/h3-5H2,1-2H3. The molecule has 0 aliphatic carbocycles. The van der Waals surface area contributed by atoms with Gasteiger partial charge in [0.25, 0.3) is 0 Å². The Balaban J connectivity index is 2.00. The van der Waals surface area contributed by atoms with Crippen LogP contribution in [-0.2, 0) is 14.3 Å². The number of methoxy groups -OCH3 is 1. The fourth-order valence-corrected chi connectivity index (χ4v) is 1.60. The van der Waals surface area contributed by atoms with Gasteiger partial charge in [-0.05, 0) is 6.92 Å². The van der Waals surface area contributed by atoms with Crippen LogP contribution in [0.2, 0.25) is 0 Å². The van der Waals surface area contributed by atoms with Crippen molar-refractivity contribution in [3.8, 4) is 0 Å². The summed E-state index contributed by atoms with van der Waals surface area (Å²) in [6, 6.07) is 0. The van der Waals surface area contributed by atoms with E-state index in [1.54, 1.807) is 11.8 Å². The van der Waals surface area contributed by atoms with Crippen LogP contribution < -0.4 is 0 Å². The Labute approximate surface area is 70.4 Å². The van der Waals surface area contributed by atoms with Gasteiger partial charge >= 0.3 is 5.97 Å². The second kappa shape index (κ2) is 3.45. The lowest BCUT2D eigenvalue weighted by atomic mass is 10.3. The third-order valence-electron chi connectivity index (χ3n) is 1.49. The van der Waals surface area contributed by atoms with E-state index < -0.39 is 0 Å². The van der Waals surface area contributed by atoms with Gasteiger partial charge in [-0.25, -0.2) is 0 Å². The maximum Gasteiger partial charge on any atom is 0.315 e. The average Bonchev–Trinajstić information content (AvgIpc) is 2.68. The van der Waals surface area contributed by atoms with Gasteiger partial charge in [0.05, 0.1) is 25.1 Å². The third-order valence-corrected chi connectivity index (χ3v) is 2.75. The first-order valence-corrected chi connectivity index (χ1v) is 4.60. The number of epoxide rings is 1. The normalized spacial score (nSPS) is 28.2. The van der Waals surface area contributed by atoms with Crippen molar-refractivity contribution >= 4 is 17.7 Å². The maximum atomic E-state index is 10.6. The summed E-state index contributed by atoms with van der Waals surface area (Å²) in [7, 11) is 1.40. The Morgan fingerprint density at radius 2 is 2.45 bits per heavy atom. The molecule has 0 aromatic heterocycles. The lowest BCUT2D eigenvalue weighted by Crippen LogP contribution is -2.11. The first kappa shape index (κ1) is 8.87. The highest BCUT2D eigenvalue weighted by atomic mass is 32.2. The summed E-state index contributed by atoms with van der Waals surface area (Å²) < 4.78 is 9.62. The summed E-state index contributed by atoms with van der Waals surface area (Å²) in [5.41, 5.74) is 0.0404. The van der Waals surface area contributed by atoms with Gasteiger partial charge in [-0.1, -0.05) is 0 Å². The van der Waals surface area contributed by atoms with Crippen LogP contribution in [0.15, 0.2) is 0 Å². The minimum Gasteiger partial charge on any atom is -0.468 e. The number of carbonyl (C=O) groups excluding carboxylic acids is 1. The average molecular weight is 176 g/mol. The number of ether oxygens (including phenoxy) is 2. The molecule has 0 bridgehead atoms. The van der Waals surface area contributed by atoms with Crippen LogP contribution in [0.1, 0.15) is 6.92 Å². The van der Waals surface area contributed by atoms with Gasteiger partial charge in [0.1, 0.15) is 0 Å².